The molecule has 78 valence electrons. The third kappa shape index (κ3) is 2.07. The average Bonchev–Trinajstić information content (AvgIpc) is 2.81. The molecule has 2 rings (SSSR count). The van der Waals surface area contributed by atoms with Gasteiger partial charge in [-0.15, -0.1) is 10.2 Å². The lowest BCUT2D eigenvalue weighted by atomic mass is 10.1. The molecule has 6 heteroatoms. The van der Waals surface area contributed by atoms with Gasteiger partial charge in [0.1, 0.15) is 11.6 Å². The molecule has 0 bridgehead atoms. The first kappa shape index (κ1) is 10.3. The summed E-state index contributed by atoms with van der Waals surface area (Å²) in [7, 11) is 0. The molecular formula is C10H6ClN5. The maximum absolute atomic E-state index is 8.97. The Kier molecular flexibility index (Phi) is 2.94. The molecule has 1 aromatic heterocycles. The van der Waals surface area contributed by atoms with E-state index in [-0.39, 0.29) is 5.82 Å². The lowest BCUT2D eigenvalue weighted by Gasteiger charge is -1.97. The molecule has 0 fully saturated rings. The Bertz CT molecular complexity index is 553. The number of rotatable bonds is 2. The van der Waals surface area contributed by atoms with Gasteiger partial charge in [-0.3, -0.25) is 0 Å². The van der Waals surface area contributed by atoms with Crippen LogP contribution in [0, 0.1) is 11.3 Å². The van der Waals surface area contributed by atoms with Crippen LogP contribution in [0.5, 0.6) is 0 Å². The molecule has 0 saturated heterocycles. The zero-order valence-electron chi connectivity index (χ0n) is 8.05. The van der Waals surface area contributed by atoms with E-state index in [2.05, 4.69) is 20.6 Å². The topological polar surface area (TPSA) is 78.2 Å². The summed E-state index contributed by atoms with van der Waals surface area (Å²) in [5, 5.41) is 22.7. The standard InChI is InChI=1S/C10H6ClN5/c11-9-4-2-1-3-7(9)5-8(6-12)10-13-15-16-14-10/h1-5H,(H,13,14,15,16). The second-order valence-electron chi connectivity index (χ2n) is 2.93. The Balaban J connectivity index is 2.44. The van der Waals surface area contributed by atoms with Crippen molar-refractivity contribution >= 4 is 23.3 Å². The highest BCUT2D eigenvalue weighted by molar-refractivity contribution is 6.32. The second-order valence-corrected chi connectivity index (χ2v) is 3.33. The fourth-order valence-electron chi connectivity index (χ4n) is 1.17. The molecule has 1 N–H and O–H groups in total. The molecule has 0 saturated carbocycles. The van der Waals surface area contributed by atoms with Gasteiger partial charge in [0.25, 0.3) is 0 Å². The molecule has 0 spiro atoms. The van der Waals surface area contributed by atoms with E-state index in [0.29, 0.717) is 10.6 Å². The van der Waals surface area contributed by atoms with Crippen molar-refractivity contribution in [3.05, 3.63) is 40.7 Å². The highest BCUT2D eigenvalue weighted by Gasteiger charge is 2.06. The van der Waals surface area contributed by atoms with E-state index < -0.39 is 0 Å². The van der Waals surface area contributed by atoms with Crippen molar-refractivity contribution in [2.24, 2.45) is 0 Å². The lowest BCUT2D eigenvalue weighted by Crippen LogP contribution is -1.86. The molecule has 1 heterocycles. The number of aromatic nitrogens is 4. The lowest BCUT2D eigenvalue weighted by molar-refractivity contribution is 0.881. The number of nitrogens with zero attached hydrogens (tertiary/aromatic N) is 4. The molecule has 0 aliphatic heterocycles. The van der Waals surface area contributed by atoms with E-state index in [4.69, 9.17) is 16.9 Å². The fourth-order valence-corrected chi connectivity index (χ4v) is 1.36. The third-order valence-corrected chi connectivity index (χ3v) is 2.26. The Labute approximate surface area is 96.4 Å². The number of aromatic amines is 1. The first-order valence-electron chi connectivity index (χ1n) is 4.41. The van der Waals surface area contributed by atoms with Crippen molar-refractivity contribution < 1.29 is 0 Å². The number of allylic oxidation sites excluding steroid dienone is 1. The smallest absolute Gasteiger partial charge is 0.192 e. The van der Waals surface area contributed by atoms with Crippen molar-refractivity contribution in [3.63, 3.8) is 0 Å². The predicted molar refractivity (Wildman–Crippen MR) is 59.1 cm³/mol. The zero-order valence-corrected chi connectivity index (χ0v) is 8.81. The van der Waals surface area contributed by atoms with Gasteiger partial charge in [-0.2, -0.15) is 10.5 Å². The summed E-state index contributed by atoms with van der Waals surface area (Å²) in [6.45, 7) is 0. The minimum Gasteiger partial charge on any atom is -0.192 e. The summed E-state index contributed by atoms with van der Waals surface area (Å²) in [6, 6.07) is 9.21. The Morgan fingerprint density at radius 2 is 2.25 bits per heavy atom. The summed E-state index contributed by atoms with van der Waals surface area (Å²) in [4.78, 5) is 0. The van der Waals surface area contributed by atoms with Crippen LogP contribution in [-0.2, 0) is 0 Å². The molecule has 0 radical (unpaired) electrons. The fraction of sp³-hybridized carbons (Fsp3) is 0. The van der Waals surface area contributed by atoms with Gasteiger partial charge < -0.3 is 0 Å². The van der Waals surface area contributed by atoms with Gasteiger partial charge in [-0.05, 0) is 22.9 Å². The monoisotopic (exact) mass is 231 g/mol. The normalized spacial score (nSPS) is 11.1. The van der Waals surface area contributed by atoms with E-state index in [1.165, 1.54) is 0 Å². The number of nitrogens with one attached hydrogen (secondary N) is 1. The summed E-state index contributed by atoms with van der Waals surface area (Å²) in [5.41, 5.74) is 1.05. The number of hydrogen-bond acceptors (Lipinski definition) is 4. The van der Waals surface area contributed by atoms with Gasteiger partial charge >= 0.3 is 0 Å². The van der Waals surface area contributed by atoms with Gasteiger partial charge in [0.2, 0.25) is 5.82 Å². The van der Waals surface area contributed by atoms with E-state index in [1.54, 1.807) is 18.2 Å². The van der Waals surface area contributed by atoms with Gasteiger partial charge in [0.15, 0.2) is 0 Å². The summed E-state index contributed by atoms with van der Waals surface area (Å²) >= 11 is 5.97. The van der Waals surface area contributed by atoms with Crippen LogP contribution in [0.2, 0.25) is 5.02 Å². The Morgan fingerprint density at radius 1 is 1.44 bits per heavy atom. The van der Waals surface area contributed by atoms with Crippen LogP contribution >= 0.6 is 11.6 Å². The van der Waals surface area contributed by atoms with Crippen molar-refractivity contribution in [1.29, 1.82) is 5.26 Å². The zero-order chi connectivity index (χ0) is 11.4. The first-order valence-corrected chi connectivity index (χ1v) is 4.79. The molecule has 5 nitrogen and oxygen atoms in total. The maximum Gasteiger partial charge on any atom is 0.215 e. The molecular weight excluding hydrogens is 226 g/mol. The molecule has 0 amide bonds. The average molecular weight is 232 g/mol. The van der Waals surface area contributed by atoms with Crippen LogP contribution in [0.15, 0.2) is 24.3 Å². The van der Waals surface area contributed by atoms with Crippen LogP contribution in [0.3, 0.4) is 0 Å². The third-order valence-electron chi connectivity index (χ3n) is 1.91. The number of halogens is 1. The summed E-state index contributed by atoms with van der Waals surface area (Å²) < 4.78 is 0. The van der Waals surface area contributed by atoms with Gasteiger partial charge in [0.05, 0.1) is 0 Å². The van der Waals surface area contributed by atoms with Crippen molar-refractivity contribution in [1.82, 2.24) is 20.6 Å². The Morgan fingerprint density at radius 3 is 2.88 bits per heavy atom. The predicted octanol–water partition coefficient (Wildman–Crippen LogP) is 1.92. The van der Waals surface area contributed by atoms with Crippen molar-refractivity contribution in [3.8, 4) is 6.07 Å². The van der Waals surface area contributed by atoms with E-state index in [0.717, 1.165) is 5.56 Å². The van der Waals surface area contributed by atoms with E-state index >= 15 is 0 Å². The number of benzene rings is 1. The molecule has 2 aromatic rings. The molecule has 1 aromatic carbocycles. The highest BCUT2D eigenvalue weighted by Crippen LogP contribution is 2.20. The van der Waals surface area contributed by atoms with Gasteiger partial charge in [-0.25, -0.2) is 0 Å². The summed E-state index contributed by atoms with van der Waals surface area (Å²) in [6.07, 6.45) is 1.62. The minimum absolute atomic E-state index is 0.252. The Hall–Kier alpha value is -2.19. The molecule has 0 unspecified atom stereocenters. The van der Waals surface area contributed by atoms with E-state index in [1.807, 2.05) is 18.2 Å². The quantitative estimate of drug-likeness (QED) is 0.801. The molecule has 0 aliphatic carbocycles. The van der Waals surface area contributed by atoms with Crippen LogP contribution < -0.4 is 0 Å². The number of tetrazole rings is 1. The highest BCUT2D eigenvalue weighted by atomic mass is 35.5. The largest absolute Gasteiger partial charge is 0.215 e. The molecule has 0 aliphatic rings. The molecule has 0 atom stereocenters. The van der Waals surface area contributed by atoms with Crippen LogP contribution in [0.1, 0.15) is 11.4 Å². The second kappa shape index (κ2) is 4.55. The van der Waals surface area contributed by atoms with E-state index in [9.17, 15) is 0 Å². The van der Waals surface area contributed by atoms with Crippen LogP contribution in [0.4, 0.5) is 0 Å². The number of nitriles is 1. The SMILES string of the molecule is N#CC(=Cc1ccccc1Cl)c1nn[nH]n1. The number of H-pyrrole nitrogens is 1. The molecule has 16 heavy (non-hydrogen) atoms. The maximum atomic E-state index is 8.97. The van der Waals surface area contributed by atoms with Crippen LogP contribution in [0.25, 0.3) is 11.6 Å². The van der Waals surface area contributed by atoms with Crippen molar-refractivity contribution in [2.45, 2.75) is 0 Å². The number of hydrogen-bond donors (Lipinski definition) is 1. The minimum atomic E-state index is 0.252. The van der Waals surface area contributed by atoms with Crippen molar-refractivity contribution in [2.75, 3.05) is 0 Å². The van der Waals surface area contributed by atoms with Gasteiger partial charge in [-0.1, -0.05) is 29.8 Å². The van der Waals surface area contributed by atoms with Crippen LogP contribution in [-0.4, -0.2) is 20.6 Å². The summed E-state index contributed by atoms with van der Waals surface area (Å²) in [5.74, 6) is 0.252. The first-order chi connectivity index (χ1) is 7.81. The van der Waals surface area contributed by atoms with Gasteiger partial charge in [0, 0.05) is 5.02 Å².